The van der Waals surface area contributed by atoms with E-state index in [4.69, 9.17) is 5.10 Å². The summed E-state index contributed by atoms with van der Waals surface area (Å²) in [4.78, 5) is 45.1. The molecule has 1 aliphatic heterocycles. The normalized spacial score (nSPS) is 22.7. The molecule has 0 saturated heterocycles. The third kappa shape index (κ3) is 7.91. The molecule has 0 aromatic heterocycles. The van der Waals surface area contributed by atoms with Gasteiger partial charge in [-0.2, -0.15) is 5.10 Å². The standard InChI is InChI=1S/C44H64N4O4/c1-5-9-20-30(6-2)43(51)45-35-28-33(47(7-3)8-4)25-26-34(35)37-41(49)39(42(37)50)38-36(27-29-18-16-17-19-29)46-48(44(38)52)40(31-21-12-10-13-22-31)32-23-14-11-15-24-32/h25-26,28-32,40,49H,5-24,27H2,1-4H3,(H,45,51)/b39-38-. The van der Waals surface area contributed by atoms with E-state index in [1.54, 1.807) is 0 Å². The van der Waals surface area contributed by atoms with Crippen LogP contribution in [0.25, 0.3) is 5.57 Å². The largest absolute Gasteiger partial charge is 0.506 e. The number of nitrogens with zero attached hydrogens (tertiary/aromatic N) is 3. The first-order valence-electron chi connectivity index (χ1n) is 21.1. The van der Waals surface area contributed by atoms with Crippen molar-refractivity contribution in [3.8, 4) is 0 Å². The molecule has 0 bridgehead atoms. The first-order valence-corrected chi connectivity index (χ1v) is 21.1. The Labute approximate surface area is 312 Å². The van der Waals surface area contributed by atoms with E-state index in [9.17, 15) is 19.5 Å². The minimum Gasteiger partial charge on any atom is -0.506 e. The summed E-state index contributed by atoms with van der Waals surface area (Å²) in [6.07, 6.45) is 20.5. The van der Waals surface area contributed by atoms with Crippen LogP contribution in [0.4, 0.5) is 11.4 Å². The number of anilines is 2. The Morgan fingerprint density at radius 1 is 0.865 bits per heavy atom. The molecular weight excluding hydrogens is 649 g/mol. The van der Waals surface area contributed by atoms with Crippen molar-refractivity contribution in [2.24, 2.45) is 28.8 Å². The number of rotatable bonds is 15. The Bertz CT molecular complexity index is 1540. The molecule has 0 radical (unpaired) electrons. The Kier molecular flexibility index (Phi) is 13.0. The van der Waals surface area contributed by atoms with E-state index in [0.717, 1.165) is 83.0 Å². The molecule has 1 unspecified atom stereocenters. The van der Waals surface area contributed by atoms with E-state index in [0.29, 0.717) is 46.7 Å². The summed E-state index contributed by atoms with van der Waals surface area (Å²) < 4.78 is 0. The Morgan fingerprint density at radius 2 is 1.48 bits per heavy atom. The lowest BCUT2D eigenvalue weighted by Crippen LogP contribution is -2.46. The molecule has 1 atom stereocenters. The molecule has 8 nitrogen and oxygen atoms in total. The van der Waals surface area contributed by atoms with Crippen molar-refractivity contribution in [3.05, 3.63) is 40.7 Å². The number of carbonyl (C=O) groups is 3. The maximum absolute atomic E-state index is 14.8. The molecule has 3 saturated carbocycles. The molecule has 52 heavy (non-hydrogen) atoms. The highest BCUT2D eigenvalue weighted by atomic mass is 16.3. The van der Waals surface area contributed by atoms with E-state index < -0.39 is 0 Å². The van der Waals surface area contributed by atoms with Gasteiger partial charge in [0.15, 0.2) is 0 Å². The number of aliphatic hydroxyl groups is 1. The van der Waals surface area contributed by atoms with Crippen molar-refractivity contribution in [1.29, 1.82) is 0 Å². The van der Waals surface area contributed by atoms with Gasteiger partial charge in [-0.1, -0.05) is 90.9 Å². The number of aliphatic hydroxyl groups excluding tert-OH is 1. The zero-order chi connectivity index (χ0) is 36.8. The SMILES string of the molecule is CCCCC(CC)C(=O)Nc1cc(N(CC)CC)ccc1C1=C(O)/C(=C2/C(=O)N(C(C3CCCCC3)C3CCCCC3)N=C2CC2CCCC2)C1=O. The third-order valence-corrected chi connectivity index (χ3v) is 13.1. The summed E-state index contributed by atoms with van der Waals surface area (Å²) in [6.45, 7) is 9.94. The zero-order valence-electron chi connectivity index (χ0n) is 32.5. The Balaban J connectivity index is 1.40. The van der Waals surface area contributed by atoms with Crippen LogP contribution < -0.4 is 10.2 Å². The van der Waals surface area contributed by atoms with Crippen molar-refractivity contribution in [2.75, 3.05) is 23.3 Å². The van der Waals surface area contributed by atoms with Crippen LogP contribution in [0.1, 0.15) is 155 Å². The van der Waals surface area contributed by atoms with Crippen molar-refractivity contribution >= 4 is 40.3 Å². The van der Waals surface area contributed by atoms with Gasteiger partial charge in [-0.25, -0.2) is 5.01 Å². The summed E-state index contributed by atoms with van der Waals surface area (Å²) >= 11 is 0. The molecular formula is C44H64N4O4. The van der Waals surface area contributed by atoms with Crippen molar-refractivity contribution in [1.82, 2.24) is 5.01 Å². The second-order valence-electron chi connectivity index (χ2n) is 16.3. The molecule has 1 aromatic carbocycles. The first kappa shape index (κ1) is 38.3. The molecule has 1 aromatic rings. The van der Waals surface area contributed by atoms with Gasteiger partial charge >= 0.3 is 0 Å². The average Bonchev–Trinajstić information content (AvgIpc) is 3.79. The highest BCUT2D eigenvalue weighted by Crippen LogP contribution is 2.46. The average molecular weight is 713 g/mol. The van der Waals surface area contributed by atoms with Gasteiger partial charge in [0.25, 0.3) is 5.91 Å². The maximum Gasteiger partial charge on any atom is 0.277 e. The fourth-order valence-corrected chi connectivity index (χ4v) is 10.0. The lowest BCUT2D eigenvalue weighted by molar-refractivity contribution is -0.131. The van der Waals surface area contributed by atoms with Gasteiger partial charge in [0.05, 0.1) is 34.2 Å². The van der Waals surface area contributed by atoms with Gasteiger partial charge < -0.3 is 15.3 Å². The van der Waals surface area contributed by atoms with Crippen LogP contribution >= 0.6 is 0 Å². The van der Waals surface area contributed by atoms with E-state index >= 15 is 0 Å². The molecule has 2 amide bonds. The second kappa shape index (κ2) is 17.6. The van der Waals surface area contributed by atoms with Crippen LogP contribution in [-0.2, 0) is 14.4 Å². The van der Waals surface area contributed by atoms with Crippen molar-refractivity contribution in [3.63, 3.8) is 0 Å². The number of benzene rings is 1. The fraction of sp³-hybridized carbons (Fsp3) is 0.682. The second-order valence-corrected chi connectivity index (χ2v) is 16.3. The van der Waals surface area contributed by atoms with Crippen LogP contribution in [0.5, 0.6) is 0 Å². The molecule has 0 spiro atoms. The van der Waals surface area contributed by atoms with Gasteiger partial charge in [-0.05, 0) is 94.7 Å². The number of unbranched alkanes of at least 4 members (excludes halogenated alkanes) is 1. The number of nitrogens with one attached hydrogen (secondary N) is 1. The van der Waals surface area contributed by atoms with E-state index in [-0.39, 0.29) is 46.5 Å². The predicted molar refractivity (Wildman–Crippen MR) is 211 cm³/mol. The lowest BCUT2D eigenvalue weighted by Gasteiger charge is -2.41. The number of hydrazone groups is 1. The summed E-state index contributed by atoms with van der Waals surface area (Å²) in [5.41, 5.74) is 3.27. The van der Waals surface area contributed by atoms with Gasteiger partial charge in [-0.3, -0.25) is 14.4 Å². The smallest absolute Gasteiger partial charge is 0.277 e. The third-order valence-electron chi connectivity index (χ3n) is 13.1. The van der Waals surface area contributed by atoms with Gasteiger partial charge in [0.1, 0.15) is 5.76 Å². The van der Waals surface area contributed by atoms with Gasteiger partial charge in [0.2, 0.25) is 11.7 Å². The number of hydrogen-bond donors (Lipinski definition) is 2. The highest BCUT2D eigenvalue weighted by Gasteiger charge is 2.48. The van der Waals surface area contributed by atoms with Crippen LogP contribution in [0, 0.1) is 23.7 Å². The molecule has 6 rings (SSSR count). The minimum absolute atomic E-state index is 0.0409. The number of allylic oxidation sites excluding steroid dienone is 2. The van der Waals surface area contributed by atoms with Crippen LogP contribution in [0.2, 0.25) is 0 Å². The number of amides is 2. The Hall–Kier alpha value is -3.42. The number of Topliss-reactive ketones (excluding diaryl/α,β-unsaturated/α-hetero) is 1. The summed E-state index contributed by atoms with van der Waals surface area (Å²) in [5, 5.41) is 22.1. The Morgan fingerprint density at radius 3 is 2.04 bits per heavy atom. The predicted octanol–water partition coefficient (Wildman–Crippen LogP) is 10.1. The molecule has 1 heterocycles. The summed E-state index contributed by atoms with van der Waals surface area (Å²) in [7, 11) is 0. The minimum atomic E-state index is -0.335. The van der Waals surface area contributed by atoms with E-state index in [2.05, 4.69) is 31.0 Å². The maximum atomic E-state index is 14.8. The van der Waals surface area contributed by atoms with E-state index in [1.807, 2.05) is 30.1 Å². The van der Waals surface area contributed by atoms with Crippen molar-refractivity contribution < 1.29 is 19.5 Å². The molecule has 284 valence electrons. The van der Waals surface area contributed by atoms with Crippen LogP contribution in [0.15, 0.2) is 40.2 Å². The highest BCUT2D eigenvalue weighted by molar-refractivity contribution is 6.44. The molecule has 4 aliphatic carbocycles. The quantitative estimate of drug-likeness (QED) is 0.176. The monoisotopic (exact) mass is 712 g/mol. The molecule has 5 aliphatic rings. The number of hydrogen-bond acceptors (Lipinski definition) is 6. The number of ketones is 1. The van der Waals surface area contributed by atoms with Gasteiger partial charge in [-0.15, -0.1) is 0 Å². The van der Waals surface area contributed by atoms with Crippen LogP contribution in [-0.4, -0.2) is 52.6 Å². The fourth-order valence-electron chi connectivity index (χ4n) is 10.0. The van der Waals surface area contributed by atoms with Crippen LogP contribution in [0.3, 0.4) is 0 Å². The molecule has 2 N–H and O–H groups in total. The molecule has 3 fully saturated rings. The topological polar surface area (TPSA) is 102 Å². The lowest BCUT2D eigenvalue weighted by atomic mass is 9.73. The first-order chi connectivity index (χ1) is 25.3. The van der Waals surface area contributed by atoms with Gasteiger partial charge in [0, 0.05) is 30.3 Å². The van der Waals surface area contributed by atoms with Crippen molar-refractivity contribution in [2.45, 2.75) is 156 Å². The molecule has 8 heteroatoms. The number of carbonyl (C=O) groups excluding carboxylic acids is 3. The van der Waals surface area contributed by atoms with E-state index in [1.165, 1.54) is 51.4 Å². The summed E-state index contributed by atoms with van der Waals surface area (Å²) in [6, 6.07) is 5.78. The zero-order valence-corrected chi connectivity index (χ0v) is 32.5. The summed E-state index contributed by atoms with van der Waals surface area (Å²) in [5.74, 6) is 0.373.